The predicted octanol–water partition coefficient (Wildman–Crippen LogP) is 1.86. The molecule has 1 saturated carbocycles. The third-order valence-electron chi connectivity index (χ3n) is 3.23. The summed E-state index contributed by atoms with van der Waals surface area (Å²) in [5.74, 6) is 0.352. The molecule has 6 nitrogen and oxygen atoms in total. The van der Waals surface area contributed by atoms with Crippen molar-refractivity contribution >= 4 is 11.6 Å². The fourth-order valence-electron chi connectivity index (χ4n) is 2.29. The zero-order valence-corrected chi connectivity index (χ0v) is 9.76. The molecule has 17 heavy (non-hydrogen) atoms. The largest absolute Gasteiger partial charge is 0.392 e. The zero-order chi connectivity index (χ0) is 12.4. The van der Waals surface area contributed by atoms with E-state index in [1.807, 2.05) is 0 Å². The number of rotatable bonds is 4. The lowest BCUT2D eigenvalue weighted by atomic mass is 10.0. The van der Waals surface area contributed by atoms with Gasteiger partial charge >= 0.3 is 5.82 Å². The number of aryl methyl sites for hydroxylation is 2. The van der Waals surface area contributed by atoms with Crippen LogP contribution in [0.5, 0.6) is 0 Å². The topological polar surface area (TPSA) is 78.0 Å². The zero-order valence-electron chi connectivity index (χ0n) is 9.76. The summed E-state index contributed by atoms with van der Waals surface area (Å²) >= 11 is 0. The molecular formula is C11H15N3O3. The Bertz CT molecular complexity index is 453. The SMILES string of the molecule is Cc1cn(CCC2CCCC2=O)nc1[N+](=O)[O-]. The molecule has 1 unspecified atom stereocenters. The van der Waals surface area contributed by atoms with Crippen LogP contribution in [0, 0.1) is 23.0 Å². The van der Waals surface area contributed by atoms with Gasteiger partial charge in [-0.05, 0) is 31.1 Å². The Morgan fingerprint density at radius 1 is 1.65 bits per heavy atom. The number of ketones is 1. The first-order valence-electron chi connectivity index (χ1n) is 5.79. The van der Waals surface area contributed by atoms with Gasteiger partial charge in [-0.3, -0.25) is 4.79 Å². The third kappa shape index (κ3) is 2.51. The summed E-state index contributed by atoms with van der Waals surface area (Å²) in [6, 6.07) is 0. The summed E-state index contributed by atoms with van der Waals surface area (Å²) in [5, 5.41) is 14.5. The van der Waals surface area contributed by atoms with Crippen LogP contribution in [0.4, 0.5) is 5.82 Å². The molecule has 0 aromatic carbocycles. The molecular weight excluding hydrogens is 222 g/mol. The standard InChI is InChI=1S/C11H15N3O3/c1-8-7-13(12-11(8)14(16)17)6-5-9-3-2-4-10(9)15/h7,9H,2-6H2,1H3. The lowest BCUT2D eigenvalue weighted by molar-refractivity contribution is -0.390. The summed E-state index contributed by atoms with van der Waals surface area (Å²) < 4.78 is 1.57. The highest BCUT2D eigenvalue weighted by molar-refractivity contribution is 5.82. The number of hydrogen-bond donors (Lipinski definition) is 0. The molecule has 1 fully saturated rings. The van der Waals surface area contributed by atoms with Crippen molar-refractivity contribution in [2.24, 2.45) is 5.92 Å². The van der Waals surface area contributed by atoms with Crippen LogP contribution in [0.15, 0.2) is 6.20 Å². The fourth-order valence-corrected chi connectivity index (χ4v) is 2.29. The maximum Gasteiger partial charge on any atom is 0.392 e. The van der Waals surface area contributed by atoms with Gasteiger partial charge < -0.3 is 10.1 Å². The molecule has 1 aromatic rings. The Hall–Kier alpha value is -1.72. The number of carbonyl (C=O) groups is 1. The molecule has 1 aromatic heterocycles. The van der Waals surface area contributed by atoms with Crippen molar-refractivity contribution in [3.63, 3.8) is 0 Å². The van der Waals surface area contributed by atoms with Gasteiger partial charge in [-0.25, -0.2) is 0 Å². The summed E-state index contributed by atoms with van der Waals surface area (Å²) in [4.78, 5) is 21.6. The van der Waals surface area contributed by atoms with Crippen LogP contribution in [0.2, 0.25) is 0 Å². The summed E-state index contributed by atoms with van der Waals surface area (Å²) in [6.45, 7) is 2.24. The number of nitro groups is 1. The molecule has 0 saturated heterocycles. The second-order valence-corrected chi connectivity index (χ2v) is 4.50. The first-order valence-corrected chi connectivity index (χ1v) is 5.79. The van der Waals surface area contributed by atoms with Crippen molar-refractivity contribution in [3.8, 4) is 0 Å². The van der Waals surface area contributed by atoms with Gasteiger partial charge in [-0.15, -0.1) is 0 Å². The maximum atomic E-state index is 11.4. The predicted molar refractivity (Wildman–Crippen MR) is 60.6 cm³/mol. The number of aromatic nitrogens is 2. The second kappa shape index (κ2) is 4.65. The summed E-state index contributed by atoms with van der Waals surface area (Å²) in [6.07, 6.45) is 5.00. The number of Topliss-reactive ketones (excluding diaryl/α,β-unsaturated/α-hetero) is 1. The van der Waals surface area contributed by atoms with Crippen LogP contribution in [-0.4, -0.2) is 20.5 Å². The van der Waals surface area contributed by atoms with E-state index in [1.165, 1.54) is 0 Å². The van der Waals surface area contributed by atoms with Crippen molar-refractivity contribution in [3.05, 3.63) is 21.9 Å². The van der Waals surface area contributed by atoms with E-state index >= 15 is 0 Å². The Labute approximate surface area is 98.8 Å². The lowest BCUT2D eigenvalue weighted by Crippen LogP contribution is -2.10. The number of nitrogens with zero attached hydrogens (tertiary/aromatic N) is 3. The first kappa shape index (κ1) is 11.8. The third-order valence-corrected chi connectivity index (χ3v) is 3.23. The molecule has 1 aliphatic rings. The van der Waals surface area contributed by atoms with Gasteiger partial charge in [-0.1, -0.05) is 0 Å². The van der Waals surface area contributed by atoms with Gasteiger partial charge in [0, 0.05) is 12.3 Å². The van der Waals surface area contributed by atoms with Gasteiger partial charge in [0.15, 0.2) is 0 Å². The molecule has 0 N–H and O–H groups in total. The molecule has 0 aliphatic heterocycles. The minimum atomic E-state index is -0.480. The Kier molecular flexibility index (Phi) is 3.21. The van der Waals surface area contributed by atoms with E-state index in [0.717, 1.165) is 19.3 Å². The van der Waals surface area contributed by atoms with Gasteiger partial charge in [-0.2, -0.15) is 4.68 Å². The molecule has 1 aliphatic carbocycles. The van der Waals surface area contributed by atoms with Crippen LogP contribution in [-0.2, 0) is 11.3 Å². The lowest BCUT2D eigenvalue weighted by Gasteiger charge is -2.04. The van der Waals surface area contributed by atoms with E-state index in [-0.39, 0.29) is 11.7 Å². The van der Waals surface area contributed by atoms with Crippen LogP contribution in [0.1, 0.15) is 31.2 Å². The summed E-state index contributed by atoms with van der Waals surface area (Å²) in [7, 11) is 0. The highest BCUT2D eigenvalue weighted by atomic mass is 16.6. The smallest absolute Gasteiger partial charge is 0.358 e. The Morgan fingerprint density at radius 2 is 2.41 bits per heavy atom. The van der Waals surface area contributed by atoms with Crippen LogP contribution >= 0.6 is 0 Å². The average molecular weight is 237 g/mol. The van der Waals surface area contributed by atoms with Gasteiger partial charge in [0.2, 0.25) is 0 Å². The maximum absolute atomic E-state index is 11.4. The van der Waals surface area contributed by atoms with Crippen molar-refractivity contribution in [1.82, 2.24) is 9.78 Å². The van der Waals surface area contributed by atoms with Crippen molar-refractivity contribution < 1.29 is 9.72 Å². The van der Waals surface area contributed by atoms with E-state index in [1.54, 1.807) is 17.8 Å². The highest BCUT2D eigenvalue weighted by Gasteiger charge is 2.25. The van der Waals surface area contributed by atoms with E-state index in [4.69, 9.17) is 0 Å². The quantitative estimate of drug-likeness (QED) is 0.591. The number of hydrogen-bond acceptors (Lipinski definition) is 4. The number of carbonyl (C=O) groups excluding carboxylic acids is 1. The first-order chi connectivity index (χ1) is 8.08. The van der Waals surface area contributed by atoms with Gasteiger partial charge in [0.25, 0.3) is 0 Å². The van der Waals surface area contributed by atoms with E-state index < -0.39 is 4.92 Å². The van der Waals surface area contributed by atoms with Crippen LogP contribution < -0.4 is 0 Å². The molecule has 1 atom stereocenters. The molecule has 0 amide bonds. The minimum Gasteiger partial charge on any atom is -0.358 e. The van der Waals surface area contributed by atoms with E-state index in [9.17, 15) is 14.9 Å². The van der Waals surface area contributed by atoms with Gasteiger partial charge in [0.05, 0.1) is 23.4 Å². The molecule has 0 spiro atoms. The molecule has 0 radical (unpaired) electrons. The van der Waals surface area contributed by atoms with E-state index in [2.05, 4.69) is 5.10 Å². The summed E-state index contributed by atoms with van der Waals surface area (Å²) in [5.41, 5.74) is 0.563. The van der Waals surface area contributed by atoms with Crippen LogP contribution in [0.3, 0.4) is 0 Å². The highest BCUT2D eigenvalue weighted by Crippen LogP contribution is 2.25. The monoisotopic (exact) mass is 237 g/mol. The average Bonchev–Trinajstić information content (AvgIpc) is 2.82. The van der Waals surface area contributed by atoms with Crippen molar-refractivity contribution in [2.75, 3.05) is 0 Å². The van der Waals surface area contributed by atoms with Crippen molar-refractivity contribution in [1.29, 1.82) is 0 Å². The molecule has 6 heteroatoms. The Balaban J connectivity index is 1.97. The molecule has 2 rings (SSSR count). The molecule has 0 bridgehead atoms. The van der Waals surface area contributed by atoms with E-state index in [0.29, 0.717) is 24.3 Å². The Morgan fingerprint density at radius 3 is 2.94 bits per heavy atom. The van der Waals surface area contributed by atoms with Crippen molar-refractivity contribution in [2.45, 2.75) is 39.2 Å². The molecule has 1 heterocycles. The second-order valence-electron chi connectivity index (χ2n) is 4.50. The fraction of sp³-hybridized carbons (Fsp3) is 0.636. The van der Waals surface area contributed by atoms with Crippen LogP contribution in [0.25, 0.3) is 0 Å². The van der Waals surface area contributed by atoms with Gasteiger partial charge in [0.1, 0.15) is 5.78 Å². The normalized spacial score (nSPS) is 19.8. The molecule has 92 valence electrons. The minimum absolute atomic E-state index is 0.0947.